The van der Waals surface area contributed by atoms with Crippen molar-refractivity contribution in [3.05, 3.63) is 47.6 Å². The van der Waals surface area contributed by atoms with Crippen molar-refractivity contribution in [3.8, 4) is 0 Å². The van der Waals surface area contributed by atoms with E-state index in [0.717, 1.165) is 38.5 Å². The molecule has 0 fully saturated rings. The second-order valence-electron chi connectivity index (χ2n) is 5.27. The van der Waals surface area contributed by atoms with Crippen molar-refractivity contribution in [3.63, 3.8) is 0 Å². The summed E-state index contributed by atoms with van der Waals surface area (Å²) >= 11 is 1.55. The maximum atomic E-state index is 8.46. The van der Waals surface area contributed by atoms with Crippen molar-refractivity contribution in [2.75, 3.05) is 13.2 Å². The minimum Gasteiger partial charge on any atom is -0.396 e. The molecule has 0 heterocycles. The molecule has 24 heavy (non-hydrogen) atoms. The van der Waals surface area contributed by atoms with Crippen LogP contribution in [0, 0.1) is 12.2 Å². The molecule has 2 N–H and O–H groups in total. The van der Waals surface area contributed by atoms with Crippen molar-refractivity contribution in [2.45, 2.75) is 52.4 Å². The van der Waals surface area contributed by atoms with Crippen molar-refractivity contribution in [1.82, 2.24) is 0 Å². The molecule has 5 heteroatoms. The smallest absolute Gasteiger partial charge is 0.0433 e. The molecule has 0 aliphatic heterocycles. The van der Waals surface area contributed by atoms with Gasteiger partial charge in [0.15, 0.2) is 0 Å². The van der Waals surface area contributed by atoms with Gasteiger partial charge >= 0.3 is 41.3 Å². The second-order valence-corrected chi connectivity index (χ2v) is 7.73. The second kappa shape index (κ2) is 21.3. The Kier molecular flexibility index (Phi) is 25.7. The van der Waals surface area contributed by atoms with E-state index in [-0.39, 0.29) is 24.8 Å². The van der Waals surface area contributed by atoms with Crippen LogP contribution in [0.5, 0.6) is 0 Å². The van der Waals surface area contributed by atoms with E-state index in [1.54, 1.807) is 24.2 Å². The third kappa shape index (κ3) is 20.3. The van der Waals surface area contributed by atoms with Crippen LogP contribution in [0.2, 0.25) is 0 Å². The van der Waals surface area contributed by atoms with E-state index < -0.39 is 0 Å². The molecule has 0 atom stereocenters. The summed E-state index contributed by atoms with van der Waals surface area (Å²) in [5, 5.41) is 16.9. The van der Waals surface area contributed by atoms with Gasteiger partial charge in [-0.1, -0.05) is 12.8 Å². The summed E-state index contributed by atoms with van der Waals surface area (Å²) in [5.74, 6) is 0. The molecule has 2 aliphatic rings. The van der Waals surface area contributed by atoms with Crippen molar-refractivity contribution >= 4 is 28.0 Å². The fraction of sp³-hybridized carbons (Fsp3) is 0.526. The van der Waals surface area contributed by atoms with E-state index in [0.29, 0.717) is 13.2 Å². The zero-order valence-electron chi connectivity index (χ0n) is 14.7. The quantitative estimate of drug-likeness (QED) is 0.583. The summed E-state index contributed by atoms with van der Waals surface area (Å²) in [6.07, 6.45) is 20.3. The van der Waals surface area contributed by atoms with Crippen LogP contribution in [0.15, 0.2) is 35.5 Å². The number of aliphatic hydroxyl groups excluding tert-OH is 2. The summed E-state index contributed by atoms with van der Waals surface area (Å²) in [4.78, 5) is 0. The topological polar surface area (TPSA) is 40.5 Å². The van der Waals surface area contributed by atoms with Gasteiger partial charge in [-0.05, 0) is 12.8 Å². The van der Waals surface area contributed by atoms with Gasteiger partial charge in [0.2, 0.25) is 0 Å². The number of rotatable bonds is 6. The Morgan fingerprint density at radius 2 is 1.25 bits per heavy atom. The van der Waals surface area contributed by atoms with E-state index in [2.05, 4.69) is 50.3 Å². The standard InChI is InChI=1S/2C8H11O.C3H6.2ClH.Zr/c2*9-7-3-6-8-4-1-2-5-8;1-3-2;;;/h2*1,4,9H,2-3,6-7H2;1-2H3;2*1H;/q2*-1;;;;+2. The molecular weight excluding hydrogens is 422 g/mol. The van der Waals surface area contributed by atoms with Crippen LogP contribution in [0.3, 0.4) is 0 Å². The van der Waals surface area contributed by atoms with E-state index in [1.807, 2.05) is 0 Å². The van der Waals surface area contributed by atoms with Crippen LogP contribution in [0.4, 0.5) is 0 Å². The number of halogens is 2. The average molecular weight is 453 g/mol. The van der Waals surface area contributed by atoms with Gasteiger partial charge in [-0.3, -0.25) is 12.2 Å². The van der Waals surface area contributed by atoms with Crippen LogP contribution in [-0.4, -0.2) is 26.6 Å². The van der Waals surface area contributed by atoms with Gasteiger partial charge in [0.05, 0.1) is 0 Å². The minimum atomic E-state index is 0. The van der Waals surface area contributed by atoms with E-state index in [4.69, 9.17) is 10.2 Å². The molecular formula is C19H30Cl2O2Zr. The first-order valence-corrected chi connectivity index (χ1v) is 9.09. The summed E-state index contributed by atoms with van der Waals surface area (Å²) < 4.78 is 1.51. The molecule has 0 amide bonds. The molecule has 0 saturated heterocycles. The third-order valence-electron chi connectivity index (χ3n) is 2.74. The zero-order chi connectivity index (χ0) is 16.6. The largest absolute Gasteiger partial charge is 0.396 e. The normalized spacial score (nSPS) is 13.4. The Morgan fingerprint density at radius 3 is 1.46 bits per heavy atom. The molecule has 0 aromatic heterocycles. The fourth-order valence-electron chi connectivity index (χ4n) is 1.78. The SMILES string of the molecule is C[C](C)=[Zr+2].Cl.Cl.OCCCC1=[C-]CC=C1.OCCCC1=[C-]CC=C1. The van der Waals surface area contributed by atoms with Crippen molar-refractivity contribution in [1.29, 1.82) is 0 Å². The number of hydrogen-bond acceptors (Lipinski definition) is 2. The van der Waals surface area contributed by atoms with Crippen molar-refractivity contribution in [2.24, 2.45) is 0 Å². The maximum Gasteiger partial charge on any atom is 0.0433 e. The summed E-state index contributed by atoms with van der Waals surface area (Å²) in [7, 11) is 0. The summed E-state index contributed by atoms with van der Waals surface area (Å²) in [5.41, 5.74) is 2.51. The number of hydrogen-bond donors (Lipinski definition) is 2. The first kappa shape index (κ1) is 29.0. The van der Waals surface area contributed by atoms with Gasteiger partial charge in [-0.15, -0.1) is 37.7 Å². The van der Waals surface area contributed by atoms with Crippen LogP contribution in [-0.2, 0) is 24.2 Å². The Balaban J connectivity index is -0.000000283. The molecule has 2 nitrogen and oxygen atoms in total. The summed E-state index contributed by atoms with van der Waals surface area (Å²) in [6.45, 7) is 4.83. The van der Waals surface area contributed by atoms with Gasteiger partial charge < -0.3 is 10.2 Å². The van der Waals surface area contributed by atoms with Gasteiger partial charge in [0, 0.05) is 13.2 Å². The maximum absolute atomic E-state index is 8.46. The van der Waals surface area contributed by atoms with Gasteiger partial charge in [-0.25, -0.2) is 23.3 Å². The van der Waals surface area contributed by atoms with Gasteiger partial charge in [0.1, 0.15) is 0 Å². The molecule has 0 unspecified atom stereocenters. The monoisotopic (exact) mass is 450 g/mol. The fourth-order valence-corrected chi connectivity index (χ4v) is 1.78. The predicted molar refractivity (Wildman–Crippen MR) is 105 cm³/mol. The Hall–Kier alpha value is 0.213. The molecule has 0 spiro atoms. The number of allylic oxidation sites excluding steroid dienone is 8. The molecule has 136 valence electrons. The van der Waals surface area contributed by atoms with E-state index in [1.165, 1.54) is 14.4 Å². The average Bonchev–Trinajstić information content (AvgIpc) is 3.16. The molecule has 0 aromatic carbocycles. The molecule has 2 aliphatic carbocycles. The van der Waals surface area contributed by atoms with Crippen LogP contribution >= 0.6 is 24.8 Å². The Labute approximate surface area is 175 Å². The Morgan fingerprint density at radius 1 is 0.917 bits per heavy atom. The van der Waals surface area contributed by atoms with Gasteiger partial charge in [0.25, 0.3) is 0 Å². The third-order valence-corrected chi connectivity index (χ3v) is 2.74. The summed E-state index contributed by atoms with van der Waals surface area (Å²) in [6, 6.07) is 0. The molecule has 0 bridgehead atoms. The van der Waals surface area contributed by atoms with E-state index in [9.17, 15) is 0 Å². The molecule has 0 aromatic rings. The molecule has 0 saturated carbocycles. The van der Waals surface area contributed by atoms with Crippen LogP contribution < -0.4 is 0 Å². The number of aliphatic hydroxyl groups is 2. The molecule has 2 rings (SSSR count). The molecule has 0 radical (unpaired) electrons. The first-order valence-electron chi connectivity index (χ1n) is 7.86. The van der Waals surface area contributed by atoms with Crippen LogP contribution in [0.25, 0.3) is 0 Å². The first-order chi connectivity index (χ1) is 10.6. The zero-order valence-corrected chi connectivity index (χ0v) is 18.8. The van der Waals surface area contributed by atoms with E-state index >= 15 is 0 Å². The van der Waals surface area contributed by atoms with Crippen molar-refractivity contribution < 1.29 is 34.4 Å². The van der Waals surface area contributed by atoms with Crippen LogP contribution in [0.1, 0.15) is 52.4 Å². The Bertz CT molecular complexity index is 389. The van der Waals surface area contributed by atoms with Gasteiger partial charge in [-0.2, -0.15) is 12.2 Å². The predicted octanol–water partition coefficient (Wildman–Crippen LogP) is 4.49. The minimum absolute atomic E-state index is 0.